The molecule has 168 valence electrons. The number of amides is 2. The van der Waals surface area contributed by atoms with E-state index < -0.39 is 21.5 Å². The van der Waals surface area contributed by atoms with Crippen LogP contribution in [-0.2, 0) is 28.4 Å². The lowest BCUT2D eigenvalue weighted by molar-refractivity contribution is 0.0769. The van der Waals surface area contributed by atoms with Gasteiger partial charge in [-0.2, -0.15) is 0 Å². The Labute approximate surface area is 183 Å². The van der Waals surface area contributed by atoms with E-state index in [0.717, 1.165) is 36.1 Å². The van der Waals surface area contributed by atoms with Gasteiger partial charge in [-0.1, -0.05) is 19.1 Å². The molecule has 1 saturated carbocycles. The van der Waals surface area contributed by atoms with Crippen molar-refractivity contribution < 1.29 is 18.5 Å². The first-order chi connectivity index (χ1) is 14.5. The molecule has 0 spiro atoms. The lowest BCUT2D eigenvalue weighted by Gasteiger charge is -2.20. The predicted molar refractivity (Wildman–Crippen MR) is 120 cm³/mol. The summed E-state index contributed by atoms with van der Waals surface area (Å²) in [5.74, 6) is 1.34. The Morgan fingerprint density at radius 2 is 2.03 bits per heavy atom. The molecule has 1 fully saturated rings. The number of hydrogen-bond acceptors (Lipinski definition) is 5. The van der Waals surface area contributed by atoms with E-state index in [2.05, 4.69) is 29.1 Å². The van der Waals surface area contributed by atoms with Gasteiger partial charge in [0.25, 0.3) is 0 Å². The van der Waals surface area contributed by atoms with Gasteiger partial charge in [-0.25, -0.2) is 18.5 Å². The zero-order valence-electron chi connectivity index (χ0n) is 18.5. The molecule has 8 heteroatoms. The Kier molecular flexibility index (Phi) is 5.42. The van der Waals surface area contributed by atoms with Crippen molar-refractivity contribution in [1.82, 2.24) is 4.72 Å². The van der Waals surface area contributed by atoms with Crippen molar-refractivity contribution in [1.29, 1.82) is 4.78 Å². The highest BCUT2D eigenvalue weighted by Gasteiger charge is 2.33. The molecule has 7 nitrogen and oxygen atoms in total. The number of fused-ring (bicyclic) bond motifs is 1. The number of rotatable bonds is 6. The molecule has 2 aromatic rings. The molecule has 1 heterocycles. The summed E-state index contributed by atoms with van der Waals surface area (Å²) >= 11 is 0. The Balaban J connectivity index is 1.59. The third-order valence-corrected chi connectivity index (χ3v) is 7.69. The Hall–Kier alpha value is -2.32. The highest BCUT2D eigenvalue weighted by Crippen LogP contribution is 2.46. The predicted octanol–water partition coefficient (Wildman–Crippen LogP) is 4.96. The second kappa shape index (κ2) is 7.67. The topological polar surface area (TPSA) is 115 Å². The number of benzene rings is 1. The van der Waals surface area contributed by atoms with Gasteiger partial charge in [0, 0.05) is 17.3 Å². The van der Waals surface area contributed by atoms with Crippen LogP contribution in [0.4, 0.5) is 10.5 Å². The van der Waals surface area contributed by atoms with Gasteiger partial charge >= 0.3 is 6.03 Å². The van der Waals surface area contributed by atoms with Crippen molar-refractivity contribution >= 4 is 21.6 Å². The van der Waals surface area contributed by atoms with E-state index in [1.165, 1.54) is 24.5 Å². The maximum absolute atomic E-state index is 13.0. The lowest BCUT2D eigenvalue weighted by Crippen LogP contribution is -2.34. The van der Waals surface area contributed by atoms with Crippen molar-refractivity contribution in [3.63, 3.8) is 0 Å². The van der Waals surface area contributed by atoms with Crippen LogP contribution in [0.15, 0.2) is 27.7 Å². The van der Waals surface area contributed by atoms with E-state index in [0.29, 0.717) is 23.2 Å². The molecule has 2 unspecified atom stereocenters. The first-order valence-electron chi connectivity index (χ1n) is 10.8. The number of urea groups is 1. The number of anilines is 1. The van der Waals surface area contributed by atoms with Gasteiger partial charge in [0.2, 0.25) is 5.09 Å². The van der Waals surface area contributed by atoms with Crippen molar-refractivity contribution in [2.75, 3.05) is 5.32 Å². The fourth-order valence-electron chi connectivity index (χ4n) is 4.59. The van der Waals surface area contributed by atoms with E-state index >= 15 is 0 Å². The van der Waals surface area contributed by atoms with Crippen LogP contribution in [0, 0.1) is 17.6 Å². The molecular formula is C23H31N3O4S. The van der Waals surface area contributed by atoms with E-state index in [1.807, 2.05) is 0 Å². The molecule has 2 aliphatic carbocycles. The molecule has 31 heavy (non-hydrogen) atoms. The van der Waals surface area contributed by atoms with E-state index in [-0.39, 0.29) is 5.09 Å². The summed E-state index contributed by atoms with van der Waals surface area (Å²) in [5.41, 5.74) is 3.52. The van der Waals surface area contributed by atoms with Gasteiger partial charge in [0.05, 0.1) is 5.60 Å². The van der Waals surface area contributed by atoms with Crippen molar-refractivity contribution in [3.05, 3.63) is 46.2 Å². The summed E-state index contributed by atoms with van der Waals surface area (Å²) in [4.78, 5) is 12.8. The molecule has 2 aliphatic rings. The van der Waals surface area contributed by atoms with Crippen molar-refractivity contribution in [3.8, 4) is 0 Å². The monoisotopic (exact) mass is 445 g/mol. The largest absolute Gasteiger partial charge is 0.449 e. The first kappa shape index (κ1) is 21.9. The summed E-state index contributed by atoms with van der Waals surface area (Å²) in [5, 5.41) is 13.0. The van der Waals surface area contributed by atoms with E-state index in [1.54, 1.807) is 20.8 Å². The number of nitrogens with one attached hydrogen (secondary N) is 3. The average molecular weight is 446 g/mol. The maximum Gasteiger partial charge on any atom is 0.332 e. The number of aryl methyl sites for hydroxylation is 2. The Morgan fingerprint density at radius 3 is 2.65 bits per heavy atom. The molecule has 4 rings (SSSR count). The van der Waals surface area contributed by atoms with Crippen molar-refractivity contribution in [2.45, 2.75) is 76.4 Å². The molecule has 2 atom stereocenters. The zero-order chi connectivity index (χ0) is 22.6. The minimum absolute atomic E-state index is 0.179. The average Bonchev–Trinajstić information content (AvgIpc) is 3.24. The zero-order valence-corrected chi connectivity index (χ0v) is 19.3. The van der Waals surface area contributed by atoms with Crippen LogP contribution in [0.5, 0.6) is 0 Å². The molecular weight excluding hydrogens is 414 g/mol. The smallest absolute Gasteiger partial charge is 0.332 e. The number of hydrogen-bond donors (Lipinski definition) is 4. The minimum atomic E-state index is -3.73. The highest BCUT2D eigenvalue weighted by molar-refractivity contribution is 7.91. The summed E-state index contributed by atoms with van der Waals surface area (Å²) in [6, 6.07) is 4.96. The van der Waals surface area contributed by atoms with Gasteiger partial charge in [-0.15, -0.1) is 0 Å². The van der Waals surface area contributed by atoms with E-state index in [9.17, 15) is 14.1 Å². The second-order valence-electron chi connectivity index (χ2n) is 9.35. The van der Waals surface area contributed by atoms with Crippen LogP contribution in [0.2, 0.25) is 0 Å². The summed E-state index contributed by atoms with van der Waals surface area (Å²) in [6.07, 6.45) is 5.34. The molecule has 1 aromatic carbocycles. The third-order valence-electron chi connectivity index (χ3n) is 6.45. The van der Waals surface area contributed by atoms with Crippen molar-refractivity contribution in [2.24, 2.45) is 5.92 Å². The third kappa shape index (κ3) is 4.36. The molecule has 0 aliphatic heterocycles. The van der Waals surface area contributed by atoms with Crippen LogP contribution >= 0.6 is 0 Å². The molecule has 0 radical (unpaired) electrons. The van der Waals surface area contributed by atoms with Crippen LogP contribution in [0.3, 0.4) is 0 Å². The van der Waals surface area contributed by atoms with Crippen LogP contribution < -0.4 is 10.0 Å². The SMILES string of the molecule is Cc1oc(S(=N)(=O)NC(=O)Nc2c(C(C)C3CC3)ccc3c2CCC3)cc1C(C)(C)O. The molecule has 0 saturated heterocycles. The fourth-order valence-corrected chi connectivity index (χ4v) is 5.52. The fraction of sp³-hybridized carbons (Fsp3) is 0.522. The summed E-state index contributed by atoms with van der Waals surface area (Å²) < 4.78 is 29.0. The van der Waals surface area contributed by atoms with Gasteiger partial charge in [0.15, 0.2) is 9.92 Å². The Bertz CT molecular complexity index is 1120. The standard InChI is InChI=1S/C23H31N3O4S/c1-13(15-8-9-15)17-11-10-16-6-5-7-18(16)21(17)25-22(27)26-31(24,29)20-12-19(14(2)30-20)23(3,4)28/h10-13,15,28H,5-9H2,1-4H3,(H3,24,25,26,27,29). The lowest BCUT2D eigenvalue weighted by atomic mass is 9.91. The Morgan fingerprint density at radius 1 is 1.32 bits per heavy atom. The van der Waals surface area contributed by atoms with Gasteiger partial charge < -0.3 is 14.8 Å². The molecule has 0 bridgehead atoms. The number of carbonyl (C=O) groups excluding carboxylic acids is 1. The quantitative estimate of drug-likeness (QED) is 0.503. The second-order valence-corrected chi connectivity index (χ2v) is 11.1. The van der Waals surface area contributed by atoms with E-state index in [4.69, 9.17) is 9.20 Å². The number of aliphatic hydroxyl groups is 1. The first-order valence-corrected chi connectivity index (χ1v) is 12.4. The van der Waals surface area contributed by atoms with Gasteiger partial charge in [-0.05, 0) is 81.4 Å². The summed E-state index contributed by atoms with van der Waals surface area (Å²) in [6.45, 7) is 6.98. The molecule has 1 aromatic heterocycles. The highest BCUT2D eigenvalue weighted by atomic mass is 32.2. The van der Waals surface area contributed by atoms with Crippen LogP contribution in [0.1, 0.15) is 74.0 Å². The number of furan rings is 1. The van der Waals surface area contributed by atoms with Gasteiger partial charge in [-0.3, -0.25) is 0 Å². The maximum atomic E-state index is 13.0. The van der Waals surface area contributed by atoms with Crippen LogP contribution in [0.25, 0.3) is 0 Å². The minimum Gasteiger partial charge on any atom is -0.449 e. The normalized spacial score (nSPS) is 18.9. The summed E-state index contributed by atoms with van der Waals surface area (Å²) in [7, 11) is -3.73. The number of carbonyl (C=O) groups is 1. The molecule has 4 N–H and O–H groups in total. The molecule has 2 amide bonds. The van der Waals surface area contributed by atoms with Crippen LogP contribution in [-0.4, -0.2) is 15.3 Å². The van der Waals surface area contributed by atoms with Gasteiger partial charge in [0.1, 0.15) is 5.76 Å².